The maximum atomic E-state index is 13.4. The van der Waals surface area contributed by atoms with Gasteiger partial charge in [-0.05, 0) is 24.6 Å². The van der Waals surface area contributed by atoms with Crippen LogP contribution in [0.2, 0.25) is 0 Å². The third-order valence-corrected chi connectivity index (χ3v) is 2.50. The van der Waals surface area contributed by atoms with Crippen LogP contribution in [-0.2, 0) is 11.3 Å². The minimum absolute atomic E-state index is 0. The Bertz CT molecular complexity index is 430. The number of ether oxygens (including phenoxy) is 1. The molecular weight excluding hydrogens is 379 g/mol. The van der Waals surface area contributed by atoms with Gasteiger partial charge in [-0.3, -0.25) is 4.99 Å². The standard InChI is InChI=1S/C13H19F2N3O.HI/c1-16-13(17-6-3-7-19-2)18-9-10-8-11(14)4-5-12(10)15;/h4-5,8H,3,6-7,9H2,1-2H3,(H2,16,17,18);1H. The fourth-order valence-electron chi connectivity index (χ4n) is 1.50. The Morgan fingerprint density at radius 1 is 1.30 bits per heavy atom. The fraction of sp³-hybridized carbons (Fsp3) is 0.462. The third-order valence-electron chi connectivity index (χ3n) is 2.50. The lowest BCUT2D eigenvalue weighted by Crippen LogP contribution is -2.37. The first-order valence-electron chi connectivity index (χ1n) is 6.04. The number of nitrogens with zero attached hydrogens (tertiary/aromatic N) is 1. The molecule has 0 saturated carbocycles. The maximum Gasteiger partial charge on any atom is 0.191 e. The molecule has 1 aromatic rings. The van der Waals surface area contributed by atoms with E-state index in [1.165, 1.54) is 6.07 Å². The van der Waals surface area contributed by atoms with Gasteiger partial charge < -0.3 is 15.4 Å². The number of nitrogens with one attached hydrogen (secondary N) is 2. The van der Waals surface area contributed by atoms with Gasteiger partial charge in [0.1, 0.15) is 11.6 Å². The molecule has 2 N–H and O–H groups in total. The quantitative estimate of drug-likeness (QED) is 0.334. The molecule has 0 unspecified atom stereocenters. The van der Waals surface area contributed by atoms with Gasteiger partial charge in [-0.2, -0.15) is 0 Å². The Morgan fingerprint density at radius 3 is 2.70 bits per heavy atom. The lowest BCUT2D eigenvalue weighted by atomic mass is 10.2. The normalized spacial score (nSPS) is 10.9. The summed E-state index contributed by atoms with van der Waals surface area (Å²) in [6, 6.07) is 3.37. The predicted octanol–water partition coefficient (Wildman–Crippen LogP) is 2.28. The van der Waals surface area contributed by atoms with E-state index in [0.29, 0.717) is 19.1 Å². The number of aliphatic imine (C=N–C) groups is 1. The monoisotopic (exact) mass is 399 g/mol. The Hall–Kier alpha value is -0.960. The van der Waals surface area contributed by atoms with E-state index >= 15 is 0 Å². The van der Waals surface area contributed by atoms with Crippen molar-refractivity contribution in [3.05, 3.63) is 35.4 Å². The molecular formula is C13H20F2IN3O. The molecule has 0 spiro atoms. The van der Waals surface area contributed by atoms with Crippen molar-refractivity contribution in [3.63, 3.8) is 0 Å². The molecule has 20 heavy (non-hydrogen) atoms. The van der Waals surface area contributed by atoms with E-state index in [4.69, 9.17) is 4.74 Å². The van der Waals surface area contributed by atoms with E-state index < -0.39 is 11.6 Å². The van der Waals surface area contributed by atoms with Crippen LogP contribution < -0.4 is 10.6 Å². The van der Waals surface area contributed by atoms with Crippen LogP contribution in [0.3, 0.4) is 0 Å². The van der Waals surface area contributed by atoms with Gasteiger partial charge in [0.25, 0.3) is 0 Å². The van der Waals surface area contributed by atoms with Crippen molar-refractivity contribution in [2.45, 2.75) is 13.0 Å². The van der Waals surface area contributed by atoms with Crippen LogP contribution >= 0.6 is 24.0 Å². The molecule has 4 nitrogen and oxygen atoms in total. The molecule has 7 heteroatoms. The van der Waals surface area contributed by atoms with Crippen molar-refractivity contribution in [3.8, 4) is 0 Å². The number of guanidine groups is 1. The predicted molar refractivity (Wildman–Crippen MR) is 86.5 cm³/mol. The van der Waals surface area contributed by atoms with Crippen molar-refractivity contribution < 1.29 is 13.5 Å². The minimum atomic E-state index is -0.457. The summed E-state index contributed by atoms with van der Waals surface area (Å²) in [5.74, 6) is -0.357. The summed E-state index contributed by atoms with van der Waals surface area (Å²) < 4.78 is 31.3. The van der Waals surface area contributed by atoms with Gasteiger partial charge in [-0.1, -0.05) is 0 Å². The molecule has 0 bridgehead atoms. The summed E-state index contributed by atoms with van der Waals surface area (Å²) in [4.78, 5) is 3.99. The molecule has 0 amide bonds. The smallest absolute Gasteiger partial charge is 0.191 e. The Morgan fingerprint density at radius 2 is 2.05 bits per heavy atom. The number of hydrogen-bond acceptors (Lipinski definition) is 2. The molecule has 0 aromatic heterocycles. The first-order chi connectivity index (χ1) is 9.17. The summed E-state index contributed by atoms with van der Waals surface area (Å²) in [5.41, 5.74) is 0.264. The number of halogens is 3. The molecule has 0 heterocycles. The van der Waals surface area contributed by atoms with Crippen molar-refractivity contribution >= 4 is 29.9 Å². The zero-order valence-corrected chi connectivity index (χ0v) is 13.9. The highest BCUT2D eigenvalue weighted by Crippen LogP contribution is 2.08. The van der Waals surface area contributed by atoms with Gasteiger partial charge in [0, 0.05) is 39.4 Å². The summed E-state index contributed by atoms with van der Waals surface area (Å²) >= 11 is 0. The van der Waals surface area contributed by atoms with Gasteiger partial charge in [-0.15, -0.1) is 24.0 Å². The molecule has 0 aliphatic heterocycles. The van der Waals surface area contributed by atoms with Crippen LogP contribution in [0, 0.1) is 11.6 Å². The third kappa shape index (κ3) is 6.99. The Labute approximate surface area is 135 Å². The van der Waals surface area contributed by atoms with E-state index in [1.54, 1.807) is 14.2 Å². The molecule has 0 aliphatic carbocycles. The van der Waals surface area contributed by atoms with Gasteiger partial charge in [0.15, 0.2) is 5.96 Å². The molecule has 0 radical (unpaired) electrons. The van der Waals surface area contributed by atoms with Crippen LogP contribution in [0.5, 0.6) is 0 Å². The lowest BCUT2D eigenvalue weighted by molar-refractivity contribution is 0.195. The number of benzene rings is 1. The van der Waals surface area contributed by atoms with Crippen molar-refractivity contribution in [2.24, 2.45) is 4.99 Å². The average molecular weight is 399 g/mol. The molecule has 0 aliphatic rings. The topological polar surface area (TPSA) is 45.7 Å². The second kappa shape index (κ2) is 10.8. The molecule has 114 valence electrons. The molecule has 0 saturated heterocycles. The largest absolute Gasteiger partial charge is 0.385 e. The molecule has 1 aromatic carbocycles. The Balaban J connectivity index is 0.00000361. The molecule has 0 atom stereocenters. The average Bonchev–Trinajstić information content (AvgIpc) is 2.41. The van der Waals surface area contributed by atoms with E-state index in [2.05, 4.69) is 15.6 Å². The van der Waals surface area contributed by atoms with Crippen LogP contribution in [0.4, 0.5) is 8.78 Å². The van der Waals surface area contributed by atoms with Crippen LogP contribution in [-0.4, -0.2) is 33.3 Å². The molecule has 1 rings (SSSR count). The summed E-state index contributed by atoms with van der Waals surface area (Å²) in [5, 5.41) is 5.97. The fourth-order valence-corrected chi connectivity index (χ4v) is 1.50. The highest BCUT2D eigenvalue weighted by Gasteiger charge is 2.04. The first kappa shape index (κ1) is 19.0. The second-order valence-electron chi connectivity index (χ2n) is 3.93. The van der Waals surface area contributed by atoms with Crippen molar-refractivity contribution in [2.75, 3.05) is 27.3 Å². The minimum Gasteiger partial charge on any atom is -0.385 e. The van der Waals surface area contributed by atoms with E-state index in [-0.39, 0.29) is 36.1 Å². The van der Waals surface area contributed by atoms with Gasteiger partial charge in [0.2, 0.25) is 0 Å². The highest BCUT2D eigenvalue weighted by molar-refractivity contribution is 14.0. The van der Waals surface area contributed by atoms with Crippen molar-refractivity contribution in [1.82, 2.24) is 10.6 Å². The summed E-state index contributed by atoms with van der Waals surface area (Å²) in [7, 11) is 3.26. The highest BCUT2D eigenvalue weighted by atomic mass is 127. The summed E-state index contributed by atoms with van der Waals surface area (Å²) in [6.45, 7) is 1.52. The number of methoxy groups -OCH3 is 1. The van der Waals surface area contributed by atoms with E-state index in [0.717, 1.165) is 18.6 Å². The second-order valence-corrected chi connectivity index (χ2v) is 3.93. The van der Waals surface area contributed by atoms with Gasteiger partial charge in [0.05, 0.1) is 0 Å². The SMILES string of the molecule is CN=C(NCCCOC)NCc1cc(F)ccc1F.I. The van der Waals surface area contributed by atoms with Gasteiger partial charge >= 0.3 is 0 Å². The lowest BCUT2D eigenvalue weighted by Gasteiger charge is -2.12. The Kier molecular flexibility index (Phi) is 10.3. The van der Waals surface area contributed by atoms with E-state index in [9.17, 15) is 8.78 Å². The molecule has 0 fully saturated rings. The van der Waals surface area contributed by atoms with Crippen molar-refractivity contribution in [1.29, 1.82) is 0 Å². The zero-order chi connectivity index (χ0) is 14.1. The van der Waals surface area contributed by atoms with Crippen LogP contribution in [0.15, 0.2) is 23.2 Å². The van der Waals surface area contributed by atoms with Gasteiger partial charge in [-0.25, -0.2) is 8.78 Å². The number of hydrogen-bond donors (Lipinski definition) is 2. The van der Waals surface area contributed by atoms with Crippen LogP contribution in [0.1, 0.15) is 12.0 Å². The van der Waals surface area contributed by atoms with E-state index in [1.807, 2.05) is 0 Å². The summed E-state index contributed by atoms with van der Waals surface area (Å²) in [6.07, 6.45) is 0.839. The zero-order valence-electron chi connectivity index (χ0n) is 11.6. The maximum absolute atomic E-state index is 13.4. The van der Waals surface area contributed by atoms with Crippen LogP contribution in [0.25, 0.3) is 0 Å². The first-order valence-corrected chi connectivity index (χ1v) is 6.04. The number of rotatable bonds is 6.